The van der Waals surface area contributed by atoms with Gasteiger partial charge in [-0.1, -0.05) is 54.6 Å². The predicted molar refractivity (Wildman–Crippen MR) is 84.1 cm³/mol. The maximum atomic E-state index is 9.22. The van der Waals surface area contributed by atoms with Crippen molar-refractivity contribution in [2.75, 3.05) is 14.1 Å². The number of primary amides is 1. The SMILES string of the molecule is CC(N)=O.CN(C)Cc1ccccc1-c1ccccc1. The quantitative estimate of drug-likeness (QED) is 0.932. The zero-order chi connectivity index (χ0) is 15.0. The molecule has 0 aliphatic rings. The Bertz CT molecular complexity index is 532. The summed E-state index contributed by atoms with van der Waals surface area (Å²) in [6.07, 6.45) is 0. The van der Waals surface area contributed by atoms with Gasteiger partial charge in [-0.15, -0.1) is 0 Å². The van der Waals surface area contributed by atoms with Crippen LogP contribution in [0.4, 0.5) is 0 Å². The van der Waals surface area contributed by atoms with Gasteiger partial charge in [0.15, 0.2) is 0 Å². The van der Waals surface area contributed by atoms with Gasteiger partial charge in [0.2, 0.25) is 5.91 Å². The largest absolute Gasteiger partial charge is 0.370 e. The minimum absolute atomic E-state index is 0.333. The Hall–Kier alpha value is -2.13. The summed E-state index contributed by atoms with van der Waals surface area (Å²) in [7, 11) is 4.20. The molecule has 0 aromatic heterocycles. The lowest BCUT2D eigenvalue weighted by atomic mass is 9.99. The lowest BCUT2D eigenvalue weighted by Gasteiger charge is -2.14. The number of hydrogen-bond donors (Lipinski definition) is 1. The van der Waals surface area contributed by atoms with Gasteiger partial charge in [-0.25, -0.2) is 0 Å². The molecule has 2 aromatic rings. The molecule has 0 bridgehead atoms. The lowest BCUT2D eigenvalue weighted by Crippen LogP contribution is -2.11. The average molecular weight is 270 g/mol. The molecule has 0 aliphatic carbocycles. The Morgan fingerprint density at radius 2 is 1.50 bits per heavy atom. The van der Waals surface area contributed by atoms with Crippen LogP contribution >= 0.6 is 0 Å². The predicted octanol–water partition coefficient (Wildman–Crippen LogP) is 2.91. The Labute approximate surface area is 121 Å². The molecule has 0 radical (unpaired) electrons. The molecule has 2 rings (SSSR count). The first-order valence-corrected chi connectivity index (χ1v) is 6.55. The third-order valence-electron chi connectivity index (χ3n) is 2.59. The van der Waals surface area contributed by atoms with Crippen molar-refractivity contribution in [3.63, 3.8) is 0 Å². The fraction of sp³-hybridized carbons (Fsp3) is 0.235. The third kappa shape index (κ3) is 5.67. The van der Waals surface area contributed by atoms with Gasteiger partial charge >= 0.3 is 0 Å². The molecular formula is C17H22N2O. The Kier molecular flexibility index (Phi) is 6.47. The number of benzene rings is 2. The molecule has 0 saturated carbocycles. The van der Waals surface area contributed by atoms with Crippen molar-refractivity contribution in [1.29, 1.82) is 0 Å². The summed E-state index contributed by atoms with van der Waals surface area (Å²) in [6, 6.07) is 19.1. The van der Waals surface area contributed by atoms with Gasteiger partial charge in [0, 0.05) is 13.5 Å². The number of nitrogens with two attached hydrogens (primary N) is 1. The van der Waals surface area contributed by atoms with Crippen molar-refractivity contribution in [3.8, 4) is 11.1 Å². The van der Waals surface area contributed by atoms with Crippen LogP contribution in [-0.4, -0.2) is 24.9 Å². The lowest BCUT2D eigenvalue weighted by molar-refractivity contribution is -0.115. The van der Waals surface area contributed by atoms with E-state index in [1.165, 1.54) is 23.6 Å². The van der Waals surface area contributed by atoms with Gasteiger partial charge in [0.1, 0.15) is 0 Å². The molecule has 0 unspecified atom stereocenters. The van der Waals surface area contributed by atoms with Crippen LogP contribution in [-0.2, 0) is 11.3 Å². The first-order valence-electron chi connectivity index (χ1n) is 6.55. The van der Waals surface area contributed by atoms with Gasteiger partial charge in [0.05, 0.1) is 0 Å². The molecule has 0 heterocycles. The third-order valence-corrected chi connectivity index (χ3v) is 2.59. The highest BCUT2D eigenvalue weighted by atomic mass is 16.1. The van der Waals surface area contributed by atoms with Crippen molar-refractivity contribution in [3.05, 3.63) is 60.2 Å². The van der Waals surface area contributed by atoms with Gasteiger partial charge in [0.25, 0.3) is 0 Å². The zero-order valence-corrected chi connectivity index (χ0v) is 12.3. The van der Waals surface area contributed by atoms with E-state index in [0.29, 0.717) is 0 Å². The molecule has 0 saturated heterocycles. The summed E-state index contributed by atoms with van der Waals surface area (Å²) >= 11 is 0. The van der Waals surface area contributed by atoms with Crippen LogP contribution in [0.25, 0.3) is 11.1 Å². The Morgan fingerprint density at radius 1 is 1.00 bits per heavy atom. The zero-order valence-electron chi connectivity index (χ0n) is 12.3. The number of carbonyl (C=O) groups excluding carboxylic acids is 1. The molecule has 1 amide bonds. The van der Waals surface area contributed by atoms with Crippen LogP contribution < -0.4 is 5.73 Å². The van der Waals surface area contributed by atoms with E-state index in [9.17, 15) is 4.79 Å². The fourth-order valence-electron chi connectivity index (χ4n) is 1.90. The summed E-state index contributed by atoms with van der Waals surface area (Å²) < 4.78 is 0. The normalized spacial score (nSPS) is 9.80. The van der Waals surface area contributed by atoms with E-state index in [1.54, 1.807) is 0 Å². The van der Waals surface area contributed by atoms with Crippen LogP contribution in [0.1, 0.15) is 12.5 Å². The van der Waals surface area contributed by atoms with Gasteiger partial charge in [-0.3, -0.25) is 4.79 Å². The molecule has 106 valence electrons. The highest BCUT2D eigenvalue weighted by Gasteiger charge is 2.04. The highest BCUT2D eigenvalue weighted by molar-refractivity contribution is 5.70. The highest BCUT2D eigenvalue weighted by Crippen LogP contribution is 2.23. The van der Waals surface area contributed by atoms with E-state index in [2.05, 4.69) is 79.3 Å². The summed E-state index contributed by atoms with van der Waals surface area (Å²) in [5.41, 5.74) is 8.47. The Morgan fingerprint density at radius 3 is 2.05 bits per heavy atom. The molecule has 2 N–H and O–H groups in total. The molecule has 20 heavy (non-hydrogen) atoms. The maximum absolute atomic E-state index is 9.22. The first-order chi connectivity index (χ1) is 9.50. The van der Waals surface area contributed by atoms with Crippen LogP contribution in [0.15, 0.2) is 54.6 Å². The number of hydrogen-bond acceptors (Lipinski definition) is 2. The van der Waals surface area contributed by atoms with Gasteiger partial charge in [-0.2, -0.15) is 0 Å². The van der Waals surface area contributed by atoms with E-state index >= 15 is 0 Å². The molecule has 0 spiro atoms. The number of nitrogens with zero attached hydrogens (tertiary/aromatic N) is 1. The van der Waals surface area contributed by atoms with Crippen LogP contribution in [0.2, 0.25) is 0 Å². The smallest absolute Gasteiger partial charge is 0.214 e. The van der Waals surface area contributed by atoms with Crippen molar-refractivity contribution < 1.29 is 4.79 Å². The van der Waals surface area contributed by atoms with Gasteiger partial charge < -0.3 is 10.6 Å². The summed E-state index contributed by atoms with van der Waals surface area (Å²) in [4.78, 5) is 11.4. The molecule has 0 fully saturated rings. The summed E-state index contributed by atoms with van der Waals surface area (Å²) in [5, 5.41) is 0. The molecule has 0 aliphatic heterocycles. The second-order valence-corrected chi connectivity index (χ2v) is 4.87. The number of amides is 1. The minimum atomic E-state index is -0.333. The van der Waals surface area contributed by atoms with E-state index in [1.807, 2.05) is 0 Å². The van der Waals surface area contributed by atoms with E-state index in [-0.39, 0.29) is 5.91 Å². The Balaban J connectivity index is 0.000000444. The molecule has 0 atom stereocenters. The first kappa shape index (κ1) is 15.9. The monoisotopic (exact) mass is 270 g/mol. The van der Waals surface area contributed by atoms with Crippen molar-refractivity contribution in [2.45, 2.75) is 13.5 Å². The van der Waals surface area contributed by atoms with Crippen LogP contribution in [0.5, 0.6) is 0 Å². The van der Waals surface area contributed by atoms with E-state index in [4.69, 9.17) is 0 Å². The van der Waals surface area contributed by atoms with Crippen LogP contribution in [0, 0.1) is 0 Å². The molecule has 3 heteroatoms. The standard InChI is InChI=1S/C15H17N.C2H5NO/c1-16(2)12-14-10-6-7-11-15(14)13-8-4-3-5-9-13;1-2(3)4/h3-11H,12H2,1-2H3;1H3,(H2,3,4). The van der Waals surface area contributed by atoms with Crippen LogP contribution in [0.3, 0.4) is 0 Å². The van der Waals surface area contributed by atoms with E-state index < -0.39 is 0 Å². The second-order valence-electron chi connectivity index (χ2n) is 4.87. The summed E-state index contributed by atoms with van der Waals surface area (Å²) in [6.45, 7) is 2.28. The fourth-order valence-corrected chi connectivity index (χ4v) is 1.90. The molecule has 3 nitrogen and oxygen atoms in total. The average Bonchev–Trinajstić information content (AvgIpc) is 2.39. The summed E-state index contributed by atoms with van der Waals surface area (Å²) in [5.74, 6) is -0.333. The molecular weight excluding hydrogens is 248 g/mol. The number of carbonyl (C=O) groups is 1. The maximum Gasteiger partial charge on any atom is 0.214 e. The number of rotatable bonds is 3. The van der Waals surface area contributed by atoms with Crippen molar-refractivity contribution in [2.24, 2.45) is 5.73 Å². The van der Waals surface area contributed by atoms with Gasteiger partial charge in [-0.05, 0) is 30.8 Å². The second kappa shape index (κ2) is 8.12. The molecule has 2 aromatic carbocycles. The topological polar surface area (TPSA) is 46.3 Å². The van der Waals surface area contributed by atoms with Crippen molar-refractivity contribution >= 4 is 5.91 Å². The van der Waals surface area contributed by atoms with E-state index in [0.717, 1.165) is 6.54 Å². The minimum Gasteiger partial charge on any atom is -0.370 e. The van der Waals surface area contributed by atoms with Crippen molar-refractivity contribution in [1.82, 2.24) is 4.90 Å².